The number of allylic oxidation sites excluding steroid dienone is 2. The first-order valence-electron chi connectivity index (χ1n) is 29.7. The summed E-state index contributed by atoms with van der Waals surface area (Å²) in [6.45, 7) is 19.0. The Morgan fingerprint density at radius 1 is 0.826 bits per heavy atom. The molecule has 0 spiro atoms. The number of nitrogens with two attached hydrogens (primary N) is 1. The number of likely N-dealkylation sites (N-methyl/N-ethyl adjacent to an activating group) is 2. The van der Waals surface area contributed by atoms with Crippen LogP contribution < -0.4 is 36.2 Å². The van der Waals surface area contributed by atoms with Gasteiger partial charge in [0.15, 0.2) is 5.13 Å². The molecular weight excluding hydrogens is 1110 g/mol. The molecule has 21 nitrogen and oxygen atoms in total. The largest absolute Gasteiger partial charge is 0.494 e. The second-order valence-corrected chi connectivity index (χ2v) is 22.3. The number of amides is 5. The first kappa shape index (κ1) is 67.7. The van der Waals surface area contributed by atoms with Gasteiger partial charge in [-0.3, -0.25) is 24.7 Å². The molecular formula is C64H90N12O9S. The minimum Gasteiger partial charge on any atom is -0.494 e. The first-order valence-corrected chi connectivity index (χ1v) is 30.5. The third-order valence-electron chi connectivity index (χ3n) is 14.4. The number of ether oxygens (including phenoxy) is 5. The number of hydrazone groups is 1. The molecule has 1 atom stereocenters. The maximum Gasteiger partial charge on any atom is 0.325 e. The van der Waals surface area contributed by atoms with Crippen LogP contribution in [0.15, 0.2) is 119 Å². The van der Waals surface area contributed by atoms with Crippen molar-refractivity contribution in [1.82, 2.24) is 29.9 Å². The monoisotopic (exact) mass is 1200 g/mol. The van der Waals surface area contributed by atoms with E-state index in [2.05, 4.69) is 61.0 Å². The molecule has 1 saturated heterocycles. The van der Waals surface area contributed by atoms with Gasteiger partial charge in [-0.2, -0.15) is 5.10 Å². The van der Waals surface area contributed by atoms with Crippen molar-refractivity contribution in [3.8, 4) is 11.5 Å². The fourth-order valence-electron chi connectivity index (χ4n) is 9.41. The Kier molecular flexibility index (Phi) is 29.2. The number of piperazine rings is 1. The summed E-state index contributed by atoms with van der Waals surface area (Å²) in [6.07, 6.45) is 12.0. The van der Waals surface area contributed by atoms with E-state index in [0.717, 1.165) is 85.6 Å². The highest BCUT2D eigenvalue weighted by Crippen LogP contribution is 2.37. The van der Waals surface area contributed by atoms with Crippen LogP contribution in [0, 0.1) is 6.92 Å². The average molecular weight is 1200 g/mol. The van der Waals surface area contributed by atoms with Crippen LogP contribution in [-0.2, 0) is 41.4 Å². The maximum atomic E-state index is 14.1. The maximum absolute atomic E-state index is 14.1. The number of rotatable bonds is 39. The molecule has 1 unspecified atom stereocenters. The van der Waals surface area contributed by atoms with E-state index in [1.165, 1.54) is 11.3 Å². The summed E-state index contributed by atoms with van der Waals surface area (Å²) in [7, 11) is 8.12. The van der Waals surface area contributed by atoms with E-state index in [9.17, 15) is 19.2 Å². The molecule has 5 N–H and O–H groups in total. The van der Waals surface area contributed by atoms with Crippen LogP contribution in [0.25, 0.3) is 0 Å². The SMILES string of the molecule is C=C/C=C(\C=C)CNC(=O)C(c1ccc(N(C)C)c(C)c1)N(C(=O)CCc1ccc(OCCCCN(C)CCOCCOCC/C(C=NCCOCCOc2ccc(NC(=O)Nc3nc(CC(=O)N4CCN(C)CC4)cs3)cc2)=N/N)cc1)C1CC1. The molecule has 0 radical (unpaired) electrons. The first-order chi connectivity index (χ1) is 41.7. The molecule has 22 heteroatoms. The van der Waals surface area contributed by atoms with E-state index >= 15 is 0 Å². The number of anilines is 3. The smallest absolute Gasteiger partial charge is 0.325 e. The molecule has 2 heterocycles. The van der Waals surface area contributed by atoms with E-state index in [-0.39, 0.29) is 43.1 Å². The van der Waals surface area contributed by atoms with Crippen molar-refractivity contribution in [3.63, 3.8) is 0 Å². The van der Waals surface area contributed by atoms with Gasteiger partial charge in [0.1, 0.15) is 24.1 Å². The van der Waals surface area contributed by atoms with E-state index < -0.39 is 12.1 Å². The van der Waals surface area contributed by atoms with Crippen molar-refractivity contribution in [2.75, 3.05) is 149 Å². The lowest BCUT2D eigenvalue weighted by molar-refractivity contribution is -0.141. The van der Waals surface area contributed by atoms with E-state index in [4.69, 9.17) is 29.5 Å². The number of nitrogens with zero attached hydrogens (tertiary/aromatic N) is 8. The molecule has 3 aromatic carbocycles. The number of aromatic nitrogens is 1. The van der Waals surface area contributed by atoms with Crippen molar-refractivity contribution in [2.24, 2.45) is 15.9 Å². The third-order valence-corrected chi connectivity index (χ3v) is 15.2. The number of urea groups is 1. The molecule has 0 bridgehead atoms. The third kappa shape index (κ3) is 24.1. The normalized spacial score (nSPS) is 14.2. The van der Waals surface area contributed by atoms with Gasteiger partial charge in [-0.25, -0.2) is 9.78 Å². The van der Waals surface area contributed by atoms with Crippen molar-refractivity contribution in [3.05, 3.63) is 131 Å². The minimum atomic E-state index is -0.758. The second kappa shape index (κ2) is 37.2. The summed E-state index contributed by atoms with van der Waals surface area (Å²) < 4.78 is 29.0. The van der Waals surface area contributed by atoms with Gasteiger partial charge in [0.05, 0.1) is 70.6 Å². The number of carbonyl (C=O) groups is 4. The minimum absolute atomic E-state index is 0.0156. The number of aliphatic imine (C=N–C) groups is 1. The number of nitrogens with one attached hydrogen (secondary N) is 3. The van der Waals surface area contributed by atoms with Crippen LogP contribution in [0.1, 0.15) is 67.0 Å². The predicted octanol–water partition coefficient (Wildman–Crippen LogP) is 7.55. The van der Waals surface area contributed by atoms with Crippen molar-refractivity contribution in [1.29, 1.82) is 0 Å². The molecule has 4 aromatic rings. The predicted molar refractivity (Wildman–Crippen MR) is 343 cm³/mol. The highest BCUT2D eigenvalue weighted by Gasteiger charge is 2.41. The van der Waals surface area contributed by atoms with Gasteiger partial charge in [-0.1, -0.05) is 55.7 Å². The summed E-state index contributed by atoms with van der Waals surface area (Å²) >= 11 is 1.28. The topological polar surface area (TPSA) is 230 Å². The molecule has 6 rings (SSSR count). The summed E-state index contributed by atoms with van der Waals surface area (Å²) in [5.74, 6) is 6.79. The zero-order valence-corrected chi connectivity index (χ0v) is 51.8. The van der Waals surface area contributed by atoms with Gasteiger partial charge in [0.2, 0.25) is 17.7 Å². The zero-order chi connectivity index (χ0) is 61.5. The second-order valence-electron chi connectivity index (χ2n) is 21.5. The van der Waals surface area contributed by atoms with Gasteiger partial charge < -0.3 is 64.7 Å². The molecule has 1 aliphatic heterocycles. The molecule has 2 aliphatic rings. The standard InChI is InChI=1S/C64H90N12O9S/c1-8-12-49(9-2)45-67-62(79)61(51-16-25-58(72(4)5)48(3)43-51)76(55-19-20-55)59(77)26-15-50-13-21-56(22-14-50)84-35-11-10-29-73(6)34-38-83-40-39-81-36-27-53(71-65)46-66-28-37-82-41-42-85-57-23-17-52(18-24-57)68-63(80)70-64-69-54(47-86-64)44-60(78)75-32-30-74(7)31-33-75/h8-9,12-14,16-18,21-25,43,46-47,55,61H,1-2,10-11,15,19-20,26-42,44-45,65H2,3-7H3,(H,67,79)(H2,68,69,70,80)/b49-12+,66-46?,71-53-. The highest BCUT2D eigenvalue weighted by molar-refractivity contribution is 7.14. The number of carbonyl (C=O) groups excluding carboxylic acids is 4. The number of hydrogen-bond acceptors (Lipinski definition) is 17. The number of hydrogen-bond donors (Lipinski definition) is 4. The van der Waals surface area contributed by atoms with Crippen LogP contribution in [0.5, 0.6) is 11.5 Å². The molecule has 86 heavy (non-hydrogen) atoms. The zero-order valence-electron chi connectivity index (χ0n) is 51.0. The van der Waals surface area contributed by atoms with Crippen molar-refractivity contribution in [2.45, 2.75) is 70.4 Å². The summed E-state index contributed by atoms with van der Waals surface area (Å²) in [5, 5.41) is 14.6. The van der Waals surface area contributed by atoms with Crippen LogP contribution in [-0.4, -0.2) is 200 Å². The lowest BCUT2D eigenvalue weighted by Gasteiger charge is -2.32. The van der Waals surface area contributed by atoms with E-state index in [1.54, 1.807) is 48.0 Å². The Bertz CT molecular complexity index is 2850. The Labute approximate surface area is 512 Å². The van der Waals surface area contributed by atoms with Crippen LogP contribution in [0.2, 0.25) is 0 Å². The highest BCUT2D eigenvalue weighted by atomic mass is 32.1. The van der Waals surface area contributed by atoms with Crippen LogP contribution >= 0.6 is 11.3 Å². The number of benzene rings is 3. The quantitative estimate of drug-likeness (QED) is 0.0111. The Hall–Kier alpha value is -7.47. The Morgan fingerprint density at radius 3 is 2.21 bits per heavy atom. The fourth-order valence-corrected chi connectivity index (χ4v) is 10.1. The lowest BCUT2D eigenvalue weighted by Crippen LogP contribution is -2.47. The van der Waals surface area contributed by atoms with Gasteiger partial charge >= 0.3 is 6.03 Å². The number of unbranched alkanes of at least 4 members (excludes halogenated alkanes) is 1. The van der Waals surface area contributed by atoms with Gasteiger partial charge in [0, 0.05) is 95.2 Å². The molecule has 2 fully saturated rings. The summed E-state index contributed by atoms with van der Waals surface area (Å²) in [5.41, 5.74) is 6.60. The Balaban J connectivity index is 0.746. The van der Waals surface area contributed by atoms with Crippen LogP contribution in [0.3, 0.4) is 0 Å². The van der Waals surface area contributed by atoms with Gasteiger partial charge in [0.25, 0.3) is 0 Å². The average Bonchev–Trinajstić information content (AvgIpc) is 1.84. The van der Waals surface area contributed by atoms with E-state index in [0.29, 0.717) is 113 Å². The molecule has 5 amide bonds. The van der Waals surface area contributed by atoms with Gasteiger partial charge in [-0.05, 0) is 124 Å². The van der Waals surface area contributed by atoms with E-state index in [1.807, 2.05) is 91.3 Å². The number of aryl methyl sites for hydroxylation is 2. The number of thiazole rings is 1. The van der Waals surface area contributed by atoms with Gasteiger partial charge in [-0.15, -0.1) is 11.3 Å². The summed E-state index contributed by atoms with van der Waals surface area (Å²) in [6, 6.07) is 19.8. The molecule has 1 aromatic heterocycles. The Morgan fingerprint density at radius 2 is 1.52 bits per heavy atom. The van der Waals surface area contributed by atoms with Crippen LogP contribution in [0.4, 0.5) is 21.3 Å². The van der Waals surface area contributed by atoms with Crippen molar-refractivity contribution >= 4 is 63.5 Å². The summed E-state index contributed by atoms with van der Waals surface area (Å²) in [4.78, 5) is 72.3. The molecule has 1 aliphatic carbocycles. The van der Waals surface area contributed by atoms with Crippen molar-refractivity contribution < 1.29 is 42.9 Å². The lowest BCUT2D eigenvalue weighted by atomic mass is 9.99. The molecule has 1 saturated carbocycles. The fraction of sp³-hybridized carbons (Fsp3) is 0.484. The molecule has 466 valence electrons.